The van der Waals surface area contributed by atoms with E-state index < -0.39 is 6.10 Å². The van der Waals surface area contributed by atoms with Crippen LogP contribution in [0.5, 0.6) is 17.2 Å². The van der Waals surface area contributed by atoms with E-state index in [4.69, 9.17) is 14.2 Å². The quantitative estimate of drug-likeness (QED) is 0.502. The number of rotatable bonds is 8. The van der Waals surface area contributed by atoms with Crippen molar-refractivity contribution in [3.05, 3.63) is 48.0 Å². The average Bonchev–Trinajstić information content (AvgIpc) is 2.74. The van der Waals surface area contributed by atoms with Crippen LogP contribution in [0.15, 0.2) is 42.5 Å². The zero-order valence-electron chi connectivity index (χ0n) is 17.4. The second-order valence-corrected chi connectivity index (χ2v) is 6.90. The minimum Gasteiger partial charge on any atom is -0.493 e. The fourth-order valence-electron chi connectivity index (χ4n) is 2.88. The number of amides is 2. The van der Waals surface area contributed by atoms with Crippen LogP contribution in [0.4, 0.5) is 11.4 Å². The first-order valence-corrected chi connectivity index (χ1v) is 9.91. The summed E-state index contributed by atoms with van der Waals surface area (Å²) in [5, 5.41) is 5.53. The van der Waals surface area contributed by atoms with Gasteiger partial charge in [-0.1, -0.05) is 19.4 Å². The maximum Gasteiger partial charge on any atom is 0.265 e. The molecule has 2 N–H and O–H groups in total. The number of ether oxygens (including phenoxy) is 3. The molecule has 0 unspecified atom stereocenters. The van der Waals surface area contributed by atoms with Crippen molar-refractivity contribution in [1.29, 1.82) is 0 Å². The topological polar surface area (TPSA) is 85.9 Å². The Kier molecular flexibility index (Phi) is 6.95. The minimum absolute atomic E-state index is 0.220. The molecule has 0 bridgehead atoms. The van der Waals surface area contributed by atoms with Gasteiger partial charge in [-0.05, 0) is 55.3 Å². The Hall–Kier alpha value is -3.48. The third-order valence-electron chi connectivity index (χ3n) is 4.55. The van der Waals surface area contributed by atoms with Gasteiger partial charge in [-0.2, -0.15) is 0 Å². The smallest absolute Gasteiger partial charge is 0.265 e. The fraction of sp³-hybridized carbons (Fsp3) is 0.304. The summed E-state index contributed by atoms with van der Waals surface area (Å²) < 4.78 is 16.6. The van der Waals surface area contributed by atoms with Gasteiger partial charge in [0.1, 0.15) is 5.75 Å². The molecule has 2 aromatic carbocycles. The van der Waals surface area contributed by atoms with Crippen molar-refractivity contribution in [3.8, 4) is 17.2 Å². The van der Waals surface area contributed by atoms with Gasteiger partial charge in [0.15, 0.2) is 17.6 Å². The number of carbonyl (C=O) groups excluding carboxylic acids is 2. The standard InChI is InChI=1S/C23H26N2O5/c1-4-5-12-29-20-9-6-16(13-21(20)28-3)7-11-22(26)24-17-8-10-19-18(14-17)25-23(27)15(2)30-19/h6-11,13-15H,4-5,12H2,1-3H3,(H,24,26)(H,25,27)/b11-7+/t15-/m0/s1. The highest BCUT2D eigenvalue weighted by Crippen LogP contribution is 2.32. The van der Waals surface area contributed by atoms with E-state index in [1.54, 1.807) is 38.3 Å². The predicted molar refractivity (Wildman–Crippen MR) is 116 cm³/mol. The minimum atomic E-state index is -0.540. The number of methoxy groups -OCH3 is 1. The van der Waals surface area contributed by atoms with Crippen LogP contribution in [-0.2, 0) is 9.59 Å². The highest BCUT2D eigenvalue weighted by molar-refractivity contribution is 6.03. The maximum absolute atomic E-state index is 12.3. The van der Waals surface area contributed by atoms with Crippen LogP contribution in [-0.4, -0.2) is 31.6 Å². The highest BCUT2D eigenvalue weighted by atomic mass is 16.5. The molecule has 0 saturated heterocycles. The monoisotopic (exact) mass is 410 g/mol. The summed E-state index contributed by atoms with van der Waals surface area (Å²) in [7, 11) is 1.58. The number of carbonyl (C=O) groups is 2. The second kappa shape index (κ2) is 9.82. The molecule has 1 heterocycles. The van der Waals surface area contributed by atoms with Crippen LogP contribution in [0.3, 0.4) is 0 Å². The lowest BCUT2D eigenvalue weighted by Gasteiger charge is -2.23. The lowest BCUT2D eigenvalue weighted by molar-refractivity contribution is -0.122. The van der Waals surface area contributed by atoms with Gasteiger partial charge in [0.2, 0.25) is 5.91 Å². The van der Waals surface area contributed by atoms with Gasteiger partial charge in [-0.3, -0.25) is 9.59 Å². The van der Waals surface area contributed by atoms with Crippen molar-refractivity contribution < 1.29 is 23.8 Å². The Morgan fingerprint density at radius 2 is 2.07 bits per heavy atom. The number of hydrogen-bond donors (Lipinski definition) is 2. The van der Waals surface area contributed by atoms with E-state index >= 15 is 0 Å². The van der Waals surface area contributed by atoms with Crippen molar-refractivity contribution in [2.75, 3.05) is 24.4 Å². The van der Waals surface area contributed by atoms with Gasteiger partial charge in [-0.15, -0.1) is 0 Å². The van der Waals surface area contributed by atoms with Gasteiger partial charge in [0.25, 0.3) is 5.91 Å². The molecule has 158 valence electrons. The zero-order valence-corrected chi connectivity index (χ0v) is 17.4. The van der Waals surface area contributed by atoms with Crippen LogP contribution in [0.2, 0.25) is 0 Å². The summed E-state index contributed by atoms with van der Waals surface area (Å²) in [6.07, 6.45) is 4.62. The molecule has 0 aromatic heterocycles. The Morgan fingerprint density at radius 3 is 2.83 bits per heavy atom. The van der Waals surface area contributed by atoms with E-state index in [9.17, 15) is 9.59 Å². The normalized spacial score (nSPS) is 15.2. The van der Waals surface area contributed by atoms with Crippen LogP contribution in [0.1, 0.15) is 32.3 Å². The Morgan fingerprint density at radius 1 is 1.23 bits per heavy atom. The summed E-state index contributed by atoms with van der Waals surface area (Å²) in [6.45, 7) is 4.42. The molecule has 2 amide bonds. The molecule has 7 nitrogen and oxygen atoms in total. The van der Waals surface area contributed by atoms with Gasteiger partial charge >= 0.3 is 0 Å². The SMILES string of the molecule is CCCCOc1ccc(/C=C/C(=O)Nc2ccc3c(c2)NC(=O)[C@H](C)O3)cc1OC. The third kappa shape index (κ3) is 5.31. The number of nitrogens with one attached hydrogen (secondary N) is 2. The summed E-state index contributed by atoms with van der Waals surface area (Å²) in [5.74, 6) is 1.35. The summed E-state index contributed by atoms with van der Waals surface area (Å²) >= 11 is 0. The highest BCUT2D eigenvalue weighted by Gasteiger charge is 2.23. The second-order valence-electron chi connectivity index (χ2n) is 6.90. The number of hydrogen-bond acceptors (Lipinski definition) is 5. The average molecular weight is 410 g/mol. The third-order valence-corrected chi connectivity index (χ3v) is 4.55. The molecule has 0 radical (unpaired) electrons. The maximum atomic E-state index is 12.3. The Balaban J connectivity index is 1.63. The molecule has 1 atom stereocenters. The summed E-state index contributed by atoms with van der Waals surface area (Å²) in [5.41, 5.74) is 1.90. The summed E-state index contributed by atoms with van der Waals surface area (Å²) in [4.78, 5) is 24.0. The first kappa shape index (κ1) is 21.2. The first-order valence-electron chi connectivity index (χ1n) is 9.91. The molecule has 1 aliphatic rings. The van der Waals surface area contributed by atoms with Crippen LogP contribution < -0.4 is 24.8 Å². The van der Waals surface area contributed by atoms with Gasteiger partial charge in [0, 0.05) is 11.8 Å². The molecule has 2 aromatic rings. The van der Waals surface area contributed by atoms with E-state index in [1.165, 1.54) is 6.08 Å². The van der Waals surface area contributed by atoms with E-state index in [-0.39, 0.29) is 11.8 Å². The van der Waals surface area contributed by atoms with Crippen molar-refractivity contribution in [3.63, 3.8) is 0 Å². The van der Waals surface area contributed by atoms with Crippen molar-refractivity contribution >= 4 is 29.3 Å². The number of benzene rings is 2. The molecule has 0 saturated carbocycles. The molecular formula is C23H26N2O5. The molecule has 3 rings (SSSR count). The summed E-state index contributed by atoms with van der Waals surface area (Å²) in [6, 6.07) is 10.6. The van der Waals surface area contributed by atoms with E-state index in [1.807, 2.05) is 18.2 Å². The molecule has 0 fully saturated rings. The van der Waals surface area contributed by atoms with Crippen LogP contribution in [0, 0.1) is 0 Å². The Labute approximate surface area is 176 Å². The first-order chi connectivity index (χ1) is 14.5. The predicted octanol–water partition coefficient (Wildman–Crippen LogP) is 4.25. The zero-order chi connectivity index (χ0) is 21.5. The molecule has 30 heavy (non-hydrogen) atoms. The van der Waals surface area contributed by atoms with E-state index in [0.717, 1.165) is 18.4 Å². The molecule has 0 aliphatic carbocycles. The van der Waals surface area contributed by atoms with Crippen LogP contribution >= 0.6 is 0 Å². The number of unbranched alkanes of at least 4 members (excludes halogenated alkanes) is 1. The number of fused-ring (bicyclic) bond motifs is 1. The van der Waals surface area contributed by atoms with Crippen molar-refractivity contribution in [2.24, 2.45) is 0 Å². The lowest BCUT2D eigenvalue weighted by atomic mass is 10.2. The molecular weight excluding hydrogens is 384 g/mol. The number of anilines is 2. The molecule has 7 heteroatoms. The van der Waals surface area contributed by atoms with Crippen molar-refractivity contribution in [1.82, 2.24) is 0 Å². The largest absolute Gasteiger partial charge is 0.493 e. The van der Waals surface area contributed by atoms with E-state index in [2.05, 4.69) is 17.6 Å². The lowest BCUT2D eigenvalue weighted by Crippen LogP contribution is -2.34. The van der Waals surface area contributed by atoms with E-state index in [0.29, 0.717) is 35.2 Å². The molecule has 1 aliphatic heterocycles. The van der Waals surface area contributed by atoms with Crippen LogP contribution in [0.25, 0.3) is 6.08 Å². The van der Waals surface area contributed by atoms with Crippen molar-refractivity contribution in [2.45, 2.75) is 32.8 Å². The van der Waals surface area contributed by atoms with Gasteiger partial charge in [0.05, 0.1) is 19.4 Å². The van der Waals surface area contributed by atoms with Gasteiger partial charge < -0.3 is 24.8 Å². The fourth-order valence-corrected chi connectivity index (χ4v) is 2.88. The Bertz CT molecular complexity index is 955. The van der Waals surface area contributed by atoms with Gasteiger partial charge in [-0.25, -0.2) is 0 Å². The molecule has 0 spiro atoms.